The van der Waals surface area contributed by atoms with E-state index < -0.39 is 11.7 Å². The van der Waals surface area contributed by atoms with Gasteiger partial charge in [0.15, 0.2) is 5.78 Å². The summed E-state index contributed by atoms with van der Waals surface area (Å²) in [5.74, 6) is 0.221. The van der Waals surface area contributed by atoms with E-state index in [1.807, 2.05) is 19.1 Å². The van der Waals surface area contributed by atoms with Crippen LogP contribution in [-0.4, -0.2) is 40.9 Å². The summed E-state index contributed by atoms with van der Waals surface area (Å²) in [5, 5.41) is 20.3. The predicted octanol–water partition coefficient (Wildman–Crippen LogP) is 1.86. The smallest absolute Gasteiger partial charge is 0.161 e. The molecule has 0 bridgehead atoms. The van der Waals surface area contributed by atoms with Gasteiger partial charge in [-0.1, -0.05) is 18.7 Å². The minimum Gasteiger partial charge on any atom is -0.392 e. The normalized spacial score (nSPS) is 35.4. The van der Waals surface area contributed by atoms with E-state index in [4.69, 9.17) is 4.74 Å². The largest absolute Gasteiger partial charge is 0.392 e. The maximum absolute atomic E-state index is 11.9. The molecule has 0 radical (unpaired) electrons. The topological polar surface area (TPSA) is 66.8 Å². The number of hydrogen-bond donors (Lipinski definition) is 2. The third kappa shape index (κ3) is 3.62. The summed E-state index contributed by atoms with van der Waals surface area (Å²) < 4.78 is 5.25. The van der Waals surface area contributed by atoms with Gasteiger partial charge in [-0.05, 0) is 44.6 Å². The highest BCUT2D eigenvalue weighted by Gasteiger charge is 2.49. The number of aliphatic hydroxyl groups excluding tert-OH is 1. The van der Waals surface area contributed by atoms with Gasteiger partial charge in [0.2, 0.25) is 0 Å². The molecule has 4 nitrogen and oxygen atoms in total. The van der Waals surface area contributed by atoms with E-state index in [0.717, 1.165) is 0 Å². The summed E-state index contributed by atoms with van der Waals surface area (Å²) in [5.41, 5.74) is -0.205. The molecule has 0 aromatic carbocycles. The highest BCUT2D eigenvalue weighted by atomic mass is 16.5. The first kappa shape index (κ1) is 16.4. The maximum Gasteiger partial charge on any atom is 0.161 e. The van der Waals surface area contributed by atoms with E-state index in [-0.39, 0.29) is 23.5 Å². The summed E-state index contributed by atoms with van der Waals surface area (Å²) >= 11 is 0. The standard InChI is InChI=1S/C17H26O4/c1-4-21-10-17(3,20)7-5-6-12-13-8-11(2)16(19)14(13)9-15(12)18/h5-6,12-15,18,20H,2,4,7-10H2,1,3H3/b6-5+/t12-,13-,14-,15+,17?/m0/s1. The molecule has 0 spiro atoms. The van der Waals surface area contributed by atoms with Gasteiger partial charge >= 0.3 is 0 Å². The van der Waals surface area contributed by atoms with Crippen LogP contribution in [0.15, 0.2) is 24.3 Å². The molecule has 1 unspecified atom stereocenters. The summed E-state index contributed by atoms with van der Waals surface area (Å²) in [4.78, 5) is 11.9. The molecule has 0 aliphatic heterocycles. The predicted molar refractivity (Wildman–Crippen MR) is 80.7 cm³/mol. The Morgan fingerprint density at radius 2 is 2.24 bits per heavy atom. The number of fused-ring (bicyclic) bond motifs is 1. The van der Waals surface area contributed by atoms with Crippen molar-refractivity contribution in [1.82, 2.24) is 0 Å². The van der Waals surface area contributed by atoms with Crippen molar-refractivity contribution in [2.75, 3.05) is 13.2 Å². The Hall–Kier alpha value is -0.970. The van der Waals surface area contributed by atoms with Crippen molar-refractivity contribution in [2.45, 2.75) is 44.8 Å². The lowest BCUT2D eigenvalue weighted by Gasteiger charge is -2.22. The van der Waals surface area contributed by atoms with Gasteiger partial charge in [-0.2, -0.15) is 0 Å². The third-order valence-corrected chi connectivity index (χ3v) is 4.65. The van der Waals surface area contributed by atoms with Crippen LogP contribution >= 0.6 is 0 Å². The van der Waals surface area contributed by atoms with Crippen molar-refractivity contribution < 1.29 is 19.7 Å². The number of aliphatic hydroxyl groups is 2. The zero-order chi connectivity index (χ0) is 15.6. The molecule has 118 valence electrons. The Labute approximate surface area is 126 Å². The van der Waals surface area contributed by atoms with Crippen LogP contribution in [0.5, 0.6) is 0 Å². The van der Waals surface area contributed by atoms with E-state index in [1.54, 1.807) is 6.92 Å². The van der Waals surface area contributed by atoms with E-state index in [9.17, 15) is 15.0 Å². The fourth-order valence-corrected chi connectivity index (χ4v) is 3.50. The first-order chi connectivity index (χ1) is 9.85. The summed E-state index contributed by atoms with van der Waals surface area (Å²) in [6.45, 7) is 8.32. The van der Waals surface area contributed by atoms with Crippen LogP contribution in [0.25, 0.3) is 0 Å². The molecule has 2 aliphatic rings. The molecule has 0 saturated heterocycles. The van der Waals surface area contributed by atoms with Crippen molar-refractivity contribution in [3.05, 3.63) is 24.3 Å². The number of rotatable bonds is 6. The van der Waals surface area contributed by atoms with Crippen molar-refractivity contribution in [3.8, 4) is 0 Å². The molecular weight excluding hydrogens is 268 g/mol. The first-order valence-corrected chi connectivity index (χ1v) is 7.72. The van der Waals surface area contributed by atoms with Crippen LogP contribution in [0.3, 0.4) is 0 Å². The second-order valence-electron chi connectivity index (χ2n) is 6.59. The van der Waals surface area contributed by atoms with Crippen LogP contribution in [0.2, 0.25) is 0 Å². The van der Waals surface area contributed by atoms with Gasteiger partial charge in [0.25, 0.3) is 0 Å². The lowest BCUT2D eigenvalue weighted by molar-refractivity contribution is -0.118. The van der Waals surface area contributed by atoms with Crippen LogP contribution in [0.1, 0.15) is 33.1 Å². The Bertz CT molecular complexity index is 438. The number of ketones is 1. The SMILES string of the molecule is C=C1C[C@H]2[C@H](/C=C/CC(C)(O)COCC)[C@H](O)C[C@@H]2C1=O. The zero-order valence-corrected chi connectivity index (χ0v) is 12.9. The molecule has 4 heteroatoms. The third-order valence-electron chi connectivity index (χ3n) is 4.65. The maximum atomic E-state index is 11.9. The Balaban J connectivity index is 1.94. The van der Waals surface area contributed by atoms with Crippen molar-refractivity contribution in [2.24, 2.45) is 17.8 Å². The number of carbonyl (C=O) groups excluding carboxylic acids is 1. The minimum atomic E-state index is -0.898. The fraction of sp³-hybridized carbons (Fsp3) is 0.706. The summed E-state index contributed by atoms with van der Waals surface area (Å²) in [7, 11) is 0. The first-order valence-electron chi connectivity index (χ1n) is 7.72. The molecule has 0 aromatic heterocycles. The molecule has 0 amide bonds. The van der Waals surface area contributed by atoms with E-state index in [2.05, 4.69) is 6.58 Å². The average Bonchev–Trinajstić information content (AvgIpc) is 2.86. The molecule has 2 aliphatic carbocycles. The van der Waals surface area contributed by atoms with Gasteiger partial charge in [0, 0.05) is 18.4 Å². The lowest BCUT2D eigenvalue weighted by Crippen LogP contribution is -2.30. The van der Waals surface area contributed by atoms with Gasteiger partial charge in [0.1, 0.15) is 0 Å². The monoisotopic (exact) mass is 294 g/mol. The molecule has 0 heterocycles. The fourth-order valence-electron chi connectivity index (χ4n) is 3.50. The van der Waals surface area contributed by atoms with Crippen molar-refractivity contribution in [3.63, 3.8) is 0 Å². The van der Waals surface area contributed by atoms with Crippen LogP contribution < -0.4 is 0 Å². The lowest BCUT2D eigenvalue weighted by atomic mass is 9.90. The van der Waals surface area contributed by atoms with Crippen LogP contribution in [-0.2, 0) is 9.53 Å². The van der Waals surface area contributed by atoms with Gasteiger partial charge in [-0.3, -0.25) is 4.79 Å². The molecule has 2 rings (SSSR count). The minimum absolute atomic E-state index is 0.0129. The van der Waals surface area contributed by atoms with Crippen LogP contribution in [0, 0.1) is 17.8 Å². The highest BCUT2D eigenvalue weighted by Crippen LogP contribution is 2.48. The van der Waals surface area contributed by atoms with Gasteiger partial charge in [-0.25, -0.2) is 0 Å². The molecule has 5 atom stereocenters. The second-order valence-corrected chi connectivity index (χ2v) is 6.59. The molecular formula is C17H26O4. The summed E-state index contributed by atoms with van der Waals surface area (Å²) in [6.07, 6.45) is 5.09. The van der Waals surface area contributed by atoms with Gasteiger partial charge < -0.3 is 14.9 Å². The number of Topliss-reactive ketones (excluding diaryl/α,β-unsaturated/α-hetero) is 1. The molecule has 0 aromatic rings. The molecule has 2 N–H and O–H groups in total. The highest BCUT2D eigenvalue weighted by molar-refractivity contribution is 5.99. The quantitative estimate of drug-likeness (QED) is 0.579. The van der Waals surface area contributed by atoms with E-state index >= 15 is 0 Å². The average molecular weight is 294 g/mol. The summed E-state index contributed by atoms with van der Waals surface area (Å²) in [6, 6.07) is 0. The molecule has 2 fully saturated rings. The number of hydrogen-bond acceptors (Lipinski definition) is 4. The Morgan fingerprint density at radius 1 is 1.52 bits per heavy atom. The number of ether oxygens (including phenoxy) is 1. The van der Waals surface area contributed by atoms with Crippen molar-refractivity contribution in [1.29, 1.82) is 0 Å². The molecule has 21 heavy (non-hydrogen) atoms. The van der Waals surface area contributed by atoms with Gasteiger partial charge in [-0.15, -0.1) is 0 Å². The Morgan fingerprint density at radius 3 is 2.90 bits per heavy atom. The van der Waals surface area contributed by atoms with E-state index in [0.29, 0.717) is 38.0 Å². The second kappa shape index (κ2) is 6.42. The zero-order valence-electron chi connectivity index (χ0n) is 12.9. The Kier molecular flexibility index (Phi) is 5.02. The van der Waals surface area contributed by atoms with Gasteiger partial charge in [0.05, 0.1) is 18.3 Å². The van der Waals surface area contributed by atoms with E-state index in [1.165, 1.54) is 0 Å². The van der Waals surface area contributed by atoms with Crippen molar-refractivity contribution >= 4 is 5.78 Å². The number of allylic oxidation sites excluding steroid dienone is 1. The van der Waals surface area contributed by atoms with Crippen LogP contribution in [0.4, 0.5) is 0 Å². The number of carbonyl (C=O) groups is 1. The molecule has 2 saturated carbocycles.